The highest BCUT2D eigenvalue weighted by molar-refractivity contribution is 5.85. The van der Waals surface area contributed by atoms with Gasteiger partial charge in [0.2, 0.25) is 5.91 Å². The van der Waals surface area contributed by atoms with Gasteiger partial charge in [0.05, 0.1) is 13.2 Å². The van der Waals surface area contributed by atoms with Gasteiger partial charge in [0, 0.05) is 52.8 Å². The molecule has 2 aliphatic rings. The molecule has 2 rings (SSSR count). The Morgan fingerprint density at radius 2 is 2.03 bits per heavy atom. The standard InChI is InChI=1S/C19H34F3N5O2/c1-4-26(14-19(20,21)22)11-16-5-7-27(12-16)18(24-10-17(28)25(2)3)23-9-15-6-8-29-13-15/h15-16H,4-14H2,1-3H3,(H,23,24). The van der Waals surface area contributed by atoms with E-state index in [4.69, 9.17) is 4.74 Å². The SMILES string of the molecule is CCN(CC1CCN(C(=NCC(=O)N(C)C)NCC2CCOC2)C1)CC(F)(F)F. The van der Waals surface area contributed by atoms with Gasteiger partial charge in [-0.05, 0) is 25.3 Å². The lowest BCUT2D eigenvalue weighted by molar-refractivity contribution is -0.146. The van der Waals surface area contributed by atoms with Gasteiger partial charge in [-0.25, -0.2) is 4.99 Å². The zero-order valence-electron chi connectivity index (χ0n) is 17.7. The predicted octanol–water partition coefficient (Wildman–Crippen LogP) is 1.26. The van der Waals surface area contributed by atoms with Crippen molar-refractivity contribution in [1.82, 2.24) is 20.0 Å². The second-order valence-corrected chi connectivity index (χ2v) is 8.08. The van der Waals surface area contributed by atoms with Crippen molar-refractivity contribution in [2.75, 3.05) is 73.1 Å². The first-order chi connectivity index (χ1) is 13.7. The number of likely N-dealkylation sites (tertiary alicyclic amines) is 1. The quantitative estimate of drug-likeness (QED) is 0.472. The summed E-state index contributed by atoms with van der Waals surface area (Å²) in [6.07, 6.45) is -2.38. The van der Waals surface area contributed by atoms with Crippen LogP contribution in [0.5, 0.6) is 0 Å². The number of alkyl halides is 3. The molecule has 0 aromatic rings. The van der Waals surface area contributed by atoms with Gasteiger partial charge in [0.1, 0.15) is 6.54 Å². The Labute approximate surface area is 171 Å². The molecule has 2 aliphatic heterocycles. The normalized spacial score (nSPS) is 23.1. The average molecular weight is 422 g/mol. The molecule has 1 amide bonds. The van der Waals surface area contributed by atoms with Crippen LogP contribution in [-0.4, -0.2) is 106 Å². The third-order valence-corrected chi connectivity index (χ3v) is 5.39. The van der Waals surface area contributed by atoms with Crippen LogP contribution in [0.25, 0.3) is 0 Å². The summed E-state index contributed by atoms with van der Waals surface area (Å²) < 4.78 is 43.6. The maximum Gasteiger partial charge on any atom is 0.401 e. The number of hydrogen-bond acceptors (Lipinski definition) is 4. The highest BCUT2D eigenvalue weighted by Gasteiger charge is 2.33. The predicted molar refractivity (Wildman–Crippen MR) is 106 cm³/mol. The minimum atomic E-state index is -4.18. The number of nitrogens with zero attached hydrogens (tertiary/aromatic N) is 4. The van der Waals surface area contributed by atoms with Gasteiger partial charge in [-0.3, -0.25) is 9.69 Å². The number of amides is 1. The summed E-state index contributed by atoms with van der Waals surface area (Å²) in [5.41, 5.74) is 0. The van der Waals surface area contributed by atoms with Crippen LogP contribution in [-0.2, 0) is 9.53 Å². The monoisotopic (exact) mass is 421 g/mol. The lowest BCUT2D eigenvalue weighted by Crippen LogP contribution is -2.44. The summed E-state index contributed by atoms with van der Waals surface area (Å²) in [6.45, 7) is 5.24. The molecule has 2 unspecified atom stereocenters. The first-order valence-electron chi connectivity index (χ1n) is 10.3. The molecule has 2 saturated heterocycles. The van der Waals surface area contributed by atoms with Crippen molar-refractivity contribution >= 4 is 11.9 Å². The Bertz CT molecular complexity index is 550. The van der Waals surface area contributed by atoms with Gasteiger partial charge in [-0.2, -0.15) is 13.2 Å². The van der Waals surface area contributed by atoms with Gasteiger partial charge in [0.15, 0.2) is 5.96 Å². The van der Waals surface area contributed by atoms with Crippen molar-refractivity contribution in [3.8, 4) is 0 Å². The summed E-state index contributed by atoms with van der Waals surface area (Å²) in [7, 11) is 3.37. The number of halogens is 3. The number of nitrogens with one attached hydrogen (secondary N) is 1. The number of likely N-dealkylation sites (N-methyl/N-ethyl adjacent to an activating group) is 1. The number of aliphatic imine (C=N–C) groups is 1. The number of carbonyl (C=O) groups excluding carboxylic acids is 1. The van der Waals surface area contributed by atoms with Crippen molar-refractivity contribution in [2.24, 2.45) is 16.8 Å². The van der Waals surface area contributed by atoms with E-state index in [2.05, 4.69) is 15.2 Å². The lowest BCUT2D eigenvalue weighted by atomic mass is 10.1. The molecule has 0 radical (unpaired) electrons. The summed E-state index contributed by atoms with van der Waals surface area (Å²) in [6, 6.07) is 0. The van der Waals surface area contributed by atoms with Crippen LogP contribution in [0.15, 0.2) is 4.99 Å². The Hall–Kier alpha value is -1.55. The van der Waals surface area contributed by atoms with E-state index in [1.165, 1.54) is 9.80 Å². The first kappa shape index (κ1) is 23.7. The van der Waals surface area contributed by atoms with Gasteiger partial charge >= 0.3 is 6.18 Å². The fourth-order valence-corrected chi connectivity index (χ4v) is 3.63. The van der Waals surface area contributed by atoms with Crippen molar-refractivity contribution in [1.29, 1.82) is 0 Å². The number of hydrogen-bond donors (Lipinski definition) is 1. The second kappa shape index (κ2) is 11.0. The summed E-state index contributed by atoms with van der Waals surface area (Å²) in [5, 5.41) is 3.36. The second-order valence-electron chi connectivity index (χ2n) is 8.08. The highest BCUT2D eigenvalue weighted by atomic mass is 19.4. The summed E-state index contributed by atoms with van der Waals surface area (Å²) >= 11 is 0. The van der Waals surface area contributed by atoms with Crippen LogP contribution in [0.4, 0.5) is 13.2 Å². The van der Waals surface area contributed by atoms with Crippen LogP contribution in [0.3, 0.4) is 0 Å². The summed E-state index contributed by atoms with van der Waals surface area (Å²) in [4.78, 5) is 21.4. The van der Waals surface area contributed by atoms with Crippen LogP contribution in [0.2, 0.25) is 0 Å². The Morgan fingerprint density at radius 1 is 1.28 bits per heavy atom. The van der Waals surface area contributed by atoms with E-state index in [0.29, 0.717) is 44.7 Å². The topological polar surface area (TPSA) is 60.4 Å². The third-order valence-electron chi connectivity index (χ3n) is 5.39. The number of ether oxygens (including phenoxy) is 1. The molecule has 7 nitrogen and oxygen atoms in total. The van der Waals surface area contributed by atoms with E-state index in [9.17, 15) is 18.0 Å². The fourth-order valence-electron chi connectivity index (χ4n) is 3.63. The Kier molecular flexibility index (Phi) is 9.01. The molecule has 2 fully saturated rings. The van der Waals surface area contributed by atoms with Gasteiger partial charge < -0.3 is 19.9 Å². The van der Waals surface area contributed by atoms with Crippen molar-refractivity contribution in [2.45, 2.75) is 25.9 Å². The number of carbonyl (C=O) groups is 1. The third kappa shape index (κ3) is 8.38. The Morgan fingerprint density at radius 3 is 2.62 bits per heavy atom. The van der Waals surface area contributed by atoms with E-state index in [1.54, 1.807) is 21.0 Å². The molecule has 2 atom stereocenters. The number of guanidine groups is 1. The van der Waals surface area contributed by atoms with E-state index in [0.717, 1.165) is 26.0 Å². The van der Waals surface area contributed by atoms with E-state index in [1.807, 2.05) is 0 Å². The molecule has 0 bridgehead atoms. The molecular formula is C19H34F3N5O2. The lowest BCUT2D eigenvalue weighted by Gasteiger charge is -2.26. The average Bonchev–Trinajstić information content (AvgIpc) is 3.31. The van der Waals surface area contributed by atoms with Crippen molar-refractivity contribution < 1.29 is 22.7 Å². The van der Waals surface area contributed by atoms with E-state index in [-0.39, 0.29) is 18.4 Å². The molecule has 0 aromatic carbocycles. The molecule has 2 heterocycles. The first-order valence-corrected chi connectivity index (χ1v) is 10.3. The van der Waals surface area contributed by atoms with Crippen LogP contribution in [0, 0.1) is 11.8 Å². The summed E-state index contributed by atoms with van der Waals surface area (Å²) in [5.74, 6) is 1.12. The van der Waals surface area contributed by atoms with E-state index >= 15 is 0 Å². The van der Waals surface area contributed by atoms with Crippen molar-refractivity contribution in [3.63, 3.8) is 0 Å². The zero-order chi connectivity index (χ0) is 21.4. The molecule has 0 aliphatic carbocycles. The van der Waals surface area contributed by atoms with Crippen LogP contribution < -0.4 is 5.32 Å². The molecule has 0 spiro atoms. The molecule has 1 N–H and O–H groups in total. The fraction of sp³-hybridized carbons (Fsp3) is 0.895. The number of rotatable bonds is 8. The molecule has 29 heavy (non-hydrogen) atoms. The van der Waals surface area contributed by atoms with Crippen LogP contribution in [0.1, 0.15) is 19.8 Å². The minimum absolute atomic E-state index is 0.0484. The molecule has 0 aromatic heterocycles. The van der Waals surface area contributed by atoms with Crippen molar-refractivity contribution in [3.05, 3.63) is 0 Å². The van der Waals surface area contributed by atoms with Gasteiger partial charge in [0.25, 0.3) is 0 Å². The highest BCUT2D eigenvalue weighted by Crippen LogP contribution is 2.21. The maximum absolute atomic E-state index is 12.7. The molecule has 10 heteroatoms. The molecule has 168 valence electrons. The molecule has 0 saturated carbocycles. The maximum atomic E-state index is 12.7. The largest absolute Gasteiger partial charge is 0.401 e. The van der Waals surface area contributed by atoms with Crippen LogP contribution >= 0.6 is 0 Å². The Balaban J connectivity index is 1.94. The smallest absolute Gasteiger partial charge is 0.381 e. The van der Waals surface area contributed by atoms with Gasteiger partial charge in [-0.15, -0.1) is 0 Å². The minimum Gasteiger partial charge on any atom is -0.381 e. The molecular weight excluding hydrogens is 387 g/mol. The van der Waals surface area contributed by atoms with E-state index < -0.39 is 12.7 Å². The zero-order valence-corrected chi connectivity index (χ0v) is 17.7. The van der Waals surface area contributed by atoms with Gasteiger partial charge in [-0.1, -0.05) is 6.92 Å².